The number of anilines is 1. The predicted octanol–water partition coefficient (Wildman–Crippen LogP) is 1.54. The fourth-order valence-corrected chi connectivity index (χ4v) is 1.16. The molecule has 1 aromatic rings. The first-order valence-electron chi connectivity index (χ1n) is 5.10. The molecule has 0 saturated heterocycles. The Morgan fingerprint density at radius 1 is 1.50 bits per heavy atom. The van der Waals surface area contributed by atoms with Crippen LogP contribution in [0.15, 0.2) is 10.9 Å². The smallest absolute Gasteiger partial charge is 0.252 e. The molecular formula is C10H17N3O. The lowest BCUT2D eigenvalue weighted by atomic mass is 10.3. The van der Waals surface area contributed by atoms with Crippen molar-refractivity contribution in [3.05, 3.63) is 22.2 Å². The summed E-state index contributed by atoms with van der Waals surface area (Å²) in [7, 11) is 0. The lowest BCUT2D eigenvalue weighted by Gasteiger charge is -2.04. The molecule has 0 amide bonds. The molecule has 14 heavy (non-hydrogen) atoms. The molecule has 4 nitrogen and oxygen atoms in total. The number of hydrogen-bond acceptors (Lipinski definition) is 3. The molecule has 0 aliphatic rings. The van der Waals surface area contributed by atoms with Gasteiger partial charge in [0, 0.05) is 19.0 Å². The fourth-order valence-electron chi connectivity index (χ4n) is 1.16. The van der Waals surface area contributed by atoms with Gasteiger partial charge >= 0.3 is 0 Å². The lowest BCUT2D eigenvalue weighted by Crippen LogP contribution is -2.13. The Labute approximate surface area is 83.8 Å². The molecule has 1 heterocycles. The minimum absolute atomic E-state index is 0.0872. The van der Waals surface area contributed by atoms with Crippen LogP contribution >= 0.6 is 0 Å². The molecule has 0 aliphatic heterocycles. The van der Waals surface area contributed by atoms with Gasteiger partial charge in [0.25, 0.3) is 5.56 Å². The van der Waals surface area contributed by atoms with Gasteiger partial charge in [0.2, 0.25) is 0 Å². The lowest BCUT2D eigenvalue weighted by molar-refractivity contribution is 0.825. The first-order chi connectivity index (χ1) is 6.76. The van der Waals surface area contributed by atoms with Gasteiger partial charge in [-0.25, -0.2) is 4.98 Å². The molecule has 0 aliphatic carbocycles. The molecule has 0 aromatic carbocycles. The highest BCUT2D eigenvalue weighted by molar-refractivity contribution is 5.32. The summed E-state index contributed by atoms with van der Waals surface area (Å²) in [5, 5.41) is 3.13. The first-order valence-corrected chi connectivity index (χ1v) is 5.10. The Kier molecular flexibility index (Phi) is 4.16. The topological polar surface area (TPSA) is 57.8 Å². The number of H-pyrrole nitrogens is 1. The highest BCUT2D eigenvalue weighted by atomic mass is 16.1. The zero-order valence-corrected chi connectivity index (χ0v) is 8.76. The second-order valence-electron chi connectivity index (χ2n) is 3.21. The molecule has 78 valence electrons. The second-order valence-corrected chi connectivity index (χ2v) is 3.21. The fraction of sp³-hybridized carbons (Fsp3) is 0.600. The molecule has 4 heteroatoms. The Balaban J connectivity index is 2.67. The zero-order chi connectivity index (χ0) is 10.4. The van der Waals surface area contributed by atoms with Gasteiger partial charge in [-0.05, 0) is 6.42 Å². The van der Waals surface area contributed by atoms with Crippen LogP contribution in [0.5, 0.6) is 0 Å². The molecule has 0 unspecified atom stereocenters. The molecule has 0 bridgehead atoms. The monoisotopic (exact) mass is 195 g/mol. The van der Waals surface area contributed by atoms with Crippen LogP contribution in [-0.4, -0.2) is 16.5 Å². The Bertz CT molecular complexity index is 332. The third-order valence-electron chi connectivity index (χ3n) is 1.96. The van der Waals surface area contributed by atoms with Gasteiger partial charge in [-0.3, -0.25) is 4.79 Å². The van der Waals surface area contributed by atoms with E-state index in [-0.39, 0.29) is 5.56 Å². The maximum atomic E-state index is 11.2. The number of aromatic amines is 1. The van der Waals surface area contributed by atoms with Gasteiger partial charge < -0.3 is 10.3 Å². The predicted molar refractivity (Wildman–Crippen MR) is 57.6 cm³/mol. The number of aryl methyl sites for hydroxylation is 1. The summed E-state index contributed by atoms with van der Waals surface area (Å²) < 4.78 is 0. The second kappa shape index (κ2) is 5.42. The summed E-state index contributed by atoms with van der Waals surface area (Å²) in [5.74, 6) is 1.41. The van der Waals surface area contributed by atoms with Crippen LogP contribution in [0.25, 0.3) is 0 Å². The molecule has 0 atom stereocenters. The highest BCUT2D eigenvalue weighted by Crippen LogP contribution is 1.99. The molecule has 0 saturated carbocycles. The molecule has 0 fully saturated rings. The van der Waals surface area contributed by atoms with E-state index in [2.05, 4.69) is 22.2 Å². The van der Waals surface area contributed by atoms with Crippen LogP contribution in [0.2, 0.25) is 0 Å². The average molecular weight is 195 g/mol. The van der Waals surface area contributed by atoms with E-state index in [1.807, 2.05) is 6.92 Å². The summed E-state index contributed by atoms with van der Waals surface area (Å²) in [6.45, 7) is 4.97. The van der Waals surface area contributed by atoms with E-state index in [4.69, 9.17) is 0 Å². The van der Waals surface area contributed by atoms with Crippen molar-refractivity contribution in [1.82, 2.24) is 9.97 Å². The number of nitrogens with one attached hydrogen (secondary N) is 2. The number of hydrogen-bond donors (Lipinski definition) is 2. The Morgan fingerprint density at radius 3 is 2.93 bits per heavy atom. The van der Waals surface area contributed by atoms with Gasteiger partial charge in [0.1, 0.15) is 11.6 Å². The van der Waals surface area contributed by atoms with Crippen LogP contribution in [0.4, 0.5) is 5.82 Å². The molecule has 0 spiro atoms. The highest BCUT2D eigenvalue weighted by Gasteiger charge is 1.98. The van der Waals surface area contributed by atoms with Gasteiger partial charge in [-0.15, -0.1) is 0 Å². The summed E-state index contributed by atoms with van der Waals surface area (Å²) in [6.07, 6.45) is 2.98. The third kappa shape index (κ3) is 3.20. The van der Waals surface area contributed by atoms with E-state index < -0.39 is 0 Å². The van der Waals surface area contributed by atoms with E-state index >= 15 is 0 Å². The largest absolute Gasteiger partial charge is 0.370 e. The Morgan fingerprint density at radius 2 is 2.29 bits per heavy atom. The summed E-state index contributed by atoms with van der Waals surface area (Å²) in [6, 6.07) is 1.49. The number of nitrogens with zero attached hydrogens (tertiary/aromatic N) is 1. The molecule has 1 aromatic heterocycles. The van der Waals surface area contributed by atoms with E-state index in [0.717, 1.165) is 31.6 Å². The maximum absolute atomic E-state index is 11.2. The average Bonchev–Trinajstić information content (AvgIpc) is 2.17. The van der Waals surface area contributed by atoms with Crippen molar-refractivity contribution < 1.29 is 0 Å². The van der Waals surface area contributed by atoms with Crippen molar-refractivity contribution in [2.45, 2.75) is 33.1 Å². The van der Waals surface area contributed by atoms with E-state index in [1.165, 1.54) is 6.07 Å². The van der Waals surface area contributed by atoms with Crippen LogP contribution < -0.4 is 10.9 Å². The SMILES string of the molecule is CCCCNc1cc(=O)[nH]c(CC)n1. The normalized spacial score (nSPS) is 10.1. The van der Waals surface area contributed by atoms with Crippen molar-refractivity contribution in [3.63, 3.8) is 0 Å². The third-order valence-corrected chi connectivity index (χ3v) is 1.96. The summed E-state index contributed by atoms with van der Waals surface area (Å²) in [5.41, 5.74) is -0.0872. The van der Waals surface area contributed by atoms with Gasteiger partial charge in [-0.2, -0.15) is 0 Å². The van der Waals surface area contributed by atoms with Crippen LogP contribution in [0.1, 0.15) is 32.5 Å². The van der Waals surface area contributed by atoms with Crippen LogP contribution in [0, 0.1) is 0 Å². The van der Waals surface area contributed by atoms with Gasteiger partial charge in [0.05, 0.1) is 0 Å². The van der Waals surface area contributed by atoms with Gasteiger partial charge in [0.15, 0.2) is 0 Å². The number of rotatable bonds is 5. The van der Waals surface area contributed by atoms with E-state index in [1.54, 1.807) is 0 Å². The van der Waals surface area contributed by atoms with Crippen LogP contribution in [0.3, 0.4) is 0 Å². The first kappa shape index (κ1) is 10.8. The van der Waals surface area contributed by atoms with Crippen LogP contribution in [-0.2, 0) is 6.42 Å². The van der Waals surface area contributed by atoms with Crippen molar-refractivity contribution in [3.8, 4) is 0 Å². The van der Waals surface area contributed by atoms with Gasteiger partial charge in [-0.1, -0.05) is 20.3 Å². The molecule has 0 radical (unpaired) electrons. The maximum Gasteiger partial charge on any atom is 0.252 e. The quantitative estimate of drug-likeness (QED) is 0.701. The summed E-state index contributed by atoms with van der Waals surface area (Å²) >= 11 is 0. The molecular weight excluding hydrogens is 178 g/mol. The van der Waals surface area contributed by atoms with E-state index in [9.17, 15) is 4.79 Å². The number of aromatic nitrogens is 2. The molecule has 2 N–H and O–H groups in total. The van der Waals surface area contributed by atoms with Crippen molar-refractivity contribution >= 4 is 5.82 Å². The minimum atomic E-state index is -0.0872. The zero-order valence-electron chi connectivity index (χ0n) is 8.76. The molecule has 1 rings (SSSR count). The van der Waals surface area contributed by atoms with Crippen molar-refractivity contribution in [2.75, 3.05) is 11.9 Å². The number of unbranched alkanes of at least 4 members (excludes halogenated alkanes) is 1. The van der Waals surface area contributed by atoms with Crippen molar-refractivity contribution in [1.29, 1.82) is 0 Å². The van der Waals surface area contributed by atoms with E-state index in [0.29, 0.717) is 5.82 Å². The Hall–Kier alpha value is -1.32. The van der Waals surface area contributed by atoms with Crippen molar-refractivity contribution in [2.24, 2.45) is 0 Å². The summed E-state index contributed by atoms with van der Waals surface area (Å²) in [4.78, 5) is 18.1. The standard InChI is InChI=1S/C10H17N3O/c1-3-5-6-11-9-7-10(14)13-8(4-2)12-9/h7H,3-6H2,1-2H3,(H2,11,12,13,14). The minimum Gasteiger partial charge on any atom is -0.370 e.